The van der Waals surface area contributed by atoms with E-state index in [9.17, 15) is 0 Å². The zero-order valence-corrected chi connectivity index (χ0v) is 27.2. The van der Waals surface area contributed by atoms with Gasteiger partial charge in [-0.05, 0) is 70.8 Å². The van der Waals surface area contributed by atoms with E-state index in [4.69, 9.17) is 14.7 Å². The lowest BCUT2D eigenvalue weighted by Gasteiger charge is -2.21. The number of fused-ring (bicyclic) bond motifs is 13. The number of benzene rings is 8. The predicted octanol–water partition coefficient (Wildman–Crippen LogP) is 11.9. The van der Waals surface area contributed by atoms with E-state index in [-0.39, 0.29) is 0 Å². The quantitative estimate of drug-likeness (QED) is 0.175. The Morgan fingerprint density at radius 1 is 0.412 bits per heavy atom. The Balaban J connectivity index is 1.24. The number of hydrogen-bond acceptors (Lipinski definition) is 3. The Kier molecular flexibility index (Phi) is 5.17. The van der Waals surface area contributed by atoms with Gasteiger partial charge < -0.3 is 9.30 Å². The smallest absolute Gasteiger partial charge is 0.235 e. The molecule has 12 rings (SSSR count). The minimum atomic E-state index is 0.643. The molecule has 0 saturated carbocycles. The normalized spacial score (nSPS) is 12.5. The van der Waals surface area contributed by atoms with Crippen molar-refractivity contribution in [2.24, 2.45) is 0 Å². The second kappa shape index (κ2) is 9.80. The molecular formula is C46H26N4O. The van der Waals surface area contributed by atoms with Crippen molar-refractivity contribution in [2.75, 3.05) is 0 Å². The summed E-state index contributed by atoms with van der Waals surface area (Å²) in [5.74, 6) is 2.23. The molecule has 0 aliphatic carbocycles. The Morgan fingerprint density at radius 3 is 2.00 bits per heavy atom. The number of ether oxygens (including phenoxy) is 1. The molecule has 0 bridgehead atoms. The largest absolute Gasteiger partial charge is 0.456 e. The number of rotatable bonds is 2. The maximum absolute atomic E-state index is 6.33. The lowest BCUT2D eigenvalue weighted by Crippen LogP contribution is -2.06. The van der Waals surface area contributed by atoms with Crippen LogP contribution in [0.2, 0.25) is 0 Å². The van der Waals surface area contributed by atoms with Crippen LogP contribution in [-0.2, 0) is 0 Å². The topological polar surface area (TPSA) is 44.9 Å². The Morgan fingerprint density at radius 2 is 1.10 bits per heavy atom. The average molecular weight is 651 g/mol. The average Bonchev–Trinajstić information content (AvgIpc) is 3.71. The molecule has 0 amide bonds. The highest BCUT2D eigenvalue weighted by atomic mass is 16.5. The zero-order valence-electron chi connectivity index (χ0n) is 27.2. The fourth-order valence-corrected chi connectivity index (χ4v) is 8.60. The Bertz CT molecular complexity index is 3280. The van der Waals surface area contributed by atoms with Gasteiger partial charge in [0.1, 0.15) is 11.5 Å². The van der Waals surface area contributed by atoms with E-state index in [0.717, 1.165) is 55.8 Å². The van der Waals surface area contributed by atoms with Gasteiger partial charge in [0.15, 0.2) is 0 Å². The van der Waals surface area contributed by atoms with Crippen LogP contribution in [0.15, 0.2) is 158 Å². The summed E-state index contributed by atoms with van der Waals surface area (Å²) in [6.07, 6.45) is 0. The molecule has 0 spiro atoms. The van der Waals surface area contributed by atoms with Crippen molar-refractivity contribution in [1.29, 1.82) is 0 Å². The van der Waals surface area contributed by atoms with Crippen molar-refractivity contribution in [3.8, 4) is 34.4 Å². The summed E-state index contributed by atoms with van der Waals surface area (Å²) in [6, 6.07) is 55.9. The maximum Gasteiger partial charge on any atom is 0.235 e. The third-order valence-electron chi connectivity index (χ3n) is 10.7. The highest BCUT2D eigenvalue weighted by molar-refractivity contribution is 6.31. The molecule has 0 saturated heterocycles. The van der Waals surface area contributed by atoms with Gasteiger partial charge in [0.2, 0.25) is 5.95 Å². The van der Waals surface area contributed by atoms with Crippen molar-refractivity contribution in [1.82, 2.24) is 19.1 Å². The first-order valence-electron chi connectivity index (χ1n) is 17.3. The molecule has 0 atom stereocenters. The van der Waals surface area contributed by atoms with Gasteiger partial charge in [-0.2, -0.15) is 0 Å². The van der Waals surface area contributed by atoms with Gasteiger partial charge >= 0.3 is 0 Å². The fourth-order valence-electron chi connectivity index (χ4n) is 8.60. The lowest BCUT2D eigenvalue weighted by molar-refractivity contribution is 0.486. The summed E-state index contributed by atoms with van der Waals surface area (Å²) in [6.45, 7) is 0. The van der Waals surface area contributed by atoms with Crippen LogP contribution in [0, 0.1) is 0 Å². The van der Waals surface area contributed by atoms with Gasteiger partial charge in [-0.3, -0.25) is 4.57 Å². The van der Waals surface area contributed by atoms with Crippen LogP contribution in [-0.4, -0.2) is 19.1 Å². The molecule has 5 nitrogen and oxygen atoms in total. The summed E-state index contributed by atoms with van der Waals surface area (Å²) >= 11 is 0. The first kappa shape index (κ1) is 26.9. The van der Waals surface area contributed by atoms with E-state index in [1.54, 1.807) is 0 Å². The number of para-hydroxylation sites is 4. The first-order chi connectivity index (χ1) is 25.3. The third kappa shape index (κ3) is 3.54. The molecule has 0 unspecified atom stereocenters. The van der Waals surface area contributed by atoms with Crippen LogP contribution in [0.4, 0.5) is 0 Å². The van der Waals surface area contributed by atoms with Crippen molar-refractivity contribution >= 4 is 76.1 Å². The number of hydrogen-bond donors (Lipinski definition) is 0. The molecule has 0 fully saturated rings. The summed E-state index contributed by atoms with van der Waals surface area (Å²) in [7, 11) is 0. The van der Waals surface area contributed by atoms with E-state index < -0.39 is 0 Å². The van der Waals surface area contributed by atoms with Crippen LogP contribution in [0.3, 0.4) is 0 Å². The summed E-state index contributed by atoms with van der Waals surface area (Å²) in [5.41, 5.74) is 8.42. The minimum Gasteiger partial charge on any atom is -0.456 e. The predicted molar refractivity (Wildman–Crippen MR) is 209 cm³/mol. The molecule has 0 N–H and O–H groups in total. The van der Waals surface area contributed by atoms with Gasteiger partial charge in [0, 0.05) is 38.2 Å². The minimum absolute atomic E-state index is 0.643. The lowest BCUT2D eigenvalue weighted by atomic mass is 9.96. The van der Waals surface area contributed by atoms with Crippen LogP contribution in [0.25, 0.3) is 99.0 Å². The van der Waals surface area contributed by atoms with Crippen LogP contribution >= 0.6 is 0 Å². The molecule has 1 aliphatic heterocycles. The SMILES string of the molecule is c1ccc(-n2c3ccccc3c3c4c(ccc5c4ccc4c6ccccc6n(-c6nc7c8c(cccc8n6)Oc6ccccc6-7)c54)ccc32)cc1. The molecule has 1 aliphatic rings. The number of aromatic nitrogens is 4. The molecule has 4 heterocycles. The number of nitrogens with zero attached hydrogens (tertiary/aromatic N) is 4. The van der Waals surface area contributed by atoms with Crippen LogP contribution in [0.5, 0.6) is 11.5 Å². The molecule has 3 aromatic heterocycles. The van der Waals surface area contributed by atoms with Crippen molar-refractivity contribution in [3.63, 3.8) is 0 Å². The van der Waals surface area contributed by atoms with E-state index in [1.165, 1.54) is 48.7 Å². The van der Waals surface area contributed by atoms with Gasteiger partial charge in [-0.15, -0.1) is 0 Å². The second-order valence-electron chi connectivity index (χ2n) is 13.3. The van der Waals surface area contributed by atoms with Gasteiger partial charge in [-0.1, -0.05) is 103 Å². The van der Waals surface area contributed by atoms with Gasteiger partial charge in [-0.25, -0.2) is 9.97 Å². The highest BCUT2D eigenvalue weighted by Crippen LogP contribution is 2.47. The van der Waals surface area contributed by atoms with E-state index in [1.807, 2.05) is 30.3 Å². The molecule has 11 aromatic rings. The van der Waals surface area contributed by atoms with Crippen molar-refractivity contribution in [2.45, 2.75) is 0 Å². The van der Waals surface area contributed by atoms with E-state index in [2.05, 4.69) is 137 Å². The monoisotopic (exact) mass is 650 g/mol. The second-order valence-corrected chi connectivity index (χ2v) is 13.3. The molecule has 5 heteroatoms. The van der Waals surface area contributed by atoms with Crippen molar-refractivity contribution < 1.29 is 4.74 Å². The highest BCUT2D eigenvalue weighted by Gasteiger charge is 2.25. The molecule has 0 radical (unpaired) electrons. The van der Waals surface area contributed by atoms with E-state index in [0.29, 0.717) is 5.95 Å². The van der Waals surface area contributed by atoms with E-state index >= 15 is 0 Å². The molecule has 236 valence electrons. The standard InChI is InChI=1S/C46H26N4O/c1-2-11-28(12-3-1)49-37-18-8-5-14-33(37)42-38(49)26-22-27-21-23-32-30(41(27)42)24-25-31-29-13-4-7-17-36(29)50(45(31)32)46-47-35-16-10-20-40-43(35)44(48-46)34-15-6-9-19-39(34)51-40/h1-26H. The van der Waals surface area contributed by atoms with Gasteiger partial charge in [0.25, 0.3) is 0 Å². The molecule has 51 heavy (non-hydrogen) atoms. The molecule has 8 aromatic carbocycles. The summed E-state index contributed by atoms with van der Waals surface area (Å²) in [5, 5.41) is 10.6. The maximum atomic E-state index is 6.33. The Hall–Kier alpha value is -6.98. The third-order valence-corrected chi connectivity index (χ3v) is 10.7. The zero-order chi connectivity index (χ0) is 33.2. The first-order valence-corrected chi connectivity index (χ1v) is 17.3. The van der Waals surface area contributed by atoms with Crippen LogP contribution in [0.1, 0.15) is 0 Å². The summed E-state index contributed by atoms with van der Waals surface area (Å²) in [4.78, 5) is 10.6. The Labute approximate surface area is 291 Å². The molecular weight excluding hydrogens is 625 g/mol. The van der Waals surface area contributed by atoms with Gasteiger partial charge in [0.05, 0.1) is 38.7 Å². The van der Waals surface area contributed by atoms with Crippen molar-refractivity contribution in [3.05, 3.63) is 158 Å². The summed E-state index contributed by atoms with van der Waals surface area (Å²) < 4.78 is 11.0. The fraction of sp³-hybridized carbons (Fsp3) is 0. The van der Waals surface area contributed by atoms with Crippen LogP contribution < -0.4 is 4.74 Å².